The Bertz CT molecular complexity index is 3130. The summed E-state index contributed by atoms with van der Waals surface area (Å²) in [6.07, 6.45) is 41.4. The van der Waals surface area contributed by atoms with Crippen LogP contribution in [0.4, 0.5) is 0 Å². The SMILES string of the molecule is C=C(C)[C@@H]1CC[C@]2(C(=C)NCCN)CC[C@]3(C)C(CC[C@@H]4[C@@]5(C)CC[C@H](C)[C@@](C)(CC)[C@@H]5CC[C@]43C)[C@@H]12.C=C(C)[C@@H]1CC[C@]2(C(=C)NCCO)CC[C@]3(C)C(CC[C@@H]4[C@@]5(C)CC[C@H](C)[C@@](C)(CC)[C@@H]5CC[C@]43C)[C@@H]12.C=C(C)[C@@H]1CC[C@]2(C(=C)NCCO)CC[C@]3(C)C(CC[C@@H]4[C@@]5(C)CC[C@H](O)[C@@](C)(CO)[C@@H]5CC[C@]43C)[C@@H]12. The highest BCUT2D eigenvalue weighted by atomic mass is 16.3. The van der Waals surface area contributed by atoms with Crippen LogP contribution in [0.5, 0.6) is 0 Å². The van der Waals surface area contributed by atoms with E-state index in [1.54, 1.807) is 0 Å². The zero-order chi connectivity index (χ0) is 81.1. The van der Waals surface area contributed by atoms with Gasteiger partial charge in [-0.15, -0.1) is 0 Å². The maximum absolute atomic E-state index is 11.0. The van der Waals surface area contributed by atoms with E-state index >= 15 is 0 Å². The fourth-order valence-corrected chi connectivity index (χ4v) is 37.4. The Morgan fingerprint density at radius 2 is 0.640 bits per heavy atom. The first-order valence-electron chi connectivity index (χ1n) is 47.5. The molecule has 0 radical (unpaired) electrons. The van der Waals surface area contributed by atoms with Crippen LogP contribution in [0, 0.1) is 182 Å². The fraction of sp³-hybridized carbons (Fsp3) is 0.883. The lowest BCUT2D eigenvalue weighted by atomic mass is 9.31. The summed E-state index contributed by atoms with van der Waals surface area (Å²) in [5, 5.41) is 51.4. The molecule has 0 aromatic rings. The van der Waals surface area contributed by atoms with Crippen molar-refractivity contribution in [2.75, 3.05) is 46.0 Å². The van der Waals surface area contributed by atoms with Gasteiger partial charge in [0.15, 0.2) is 0 Å². The van der Waals surface area contributed by atoms with Gasteiger partial charge in [0, 0.05) is 64.9 Å². The largest absolute Gasteiger partial charge is 0.396 e. The van der Waals surface area contributed by atoms with Gasteiger partial charge in [0.2, 0.25) is 0 Å². The molecule has 0 spiro atoms. The standard InChI is InChI=1S/C35H60N2.C35H59NO.C33H55NO3/c1-10-31(6)24(4)13-16-32(7)28(31)15-17-34(9)29(32)12-11-27-30-26(23(2)3)14-18-35(30,20-19-33(27,34)8)25(5)37-22-21-36;1-10-31(6)24(4)13-16-32(7)28(31)15-17-34(9)29(32)12-11-27-30-26(23(2)3)14-18-35(30,20-19-33(27,34)8)25(5)36-21-22-37;1-21(2)23-10-15-33(22(3)34-18-19-35)17-16-31(6)24(28(23)33)8-9-26-29(4)13-12-27(37)30(5,20-36)25(29)11-14-32(26,31)7/h24,26-30,37H,2,5,10-22,36H2,1,3-4,6-9H3;24,26-30,36-37H,2,5,10-22H2,1,3-4,6-9H3;23-28,34-37H,1,3,8-20H2,2,4-7H3/t2*24-,26-,27?,28-,29+,30+,31+,32-,33+,34+,35+;23-,24?,25+,26+,27-,28+,29-,30-,31+,32+,33+/m000/s1. The summed E-state index contributed by atoms with van der Waals surface area (Å²) in [6, 6.07) is 0. The number of allylic oxidation sites excluding steroid dienone is 6. The molecule has 15 saturated carbocycles. The van der Waals surface area contributed by atoms with Crippen LogP contribution < -0.4 is 21.7 Å². The Kier molecular flexibility index (Phi) is 23.5. The molecule has 0 heterocycles. The van der Waals surface area contributed by atoms with Crippen molar-refractivity contribution >= 4 is 0 Å². The lowest BCUT2D eigenvalue weighted by molar-refractivity contribution is -0.252. The van der Waals surface area contributed by atoms with E-state index in [-0.39, 0.29) is 57.7 Å². The molecule has 0 aromatic heterocycles. The smallest absolute Gasteiger partial charge is 0.0618 e. The van der Waals surface area contributed by atoms with Crippen LogP contribution >= 0.6 is 0 Å². The summed E-state index contributed by atoms with van der Waals surface area (Å²) >= 11 is 0. The van der Waals surface area contributed by atoms with Crippen molar-refractivity contribution in [3.63, 3.8) is 0 Å². The predicted molar refractivity (Wildman–Crippen MR) is 467 cm³/mol. The number of fused-ring (bicyclic) bond motifs is 21. The second-order valence-electron chi connectivity index (χ2n) is 46.8. The van der Waals surface area contributed by atoms with E-state index in [0.717, 1.165) is 73.2 Å². The molecule has 15 fully saturated rings. The van der Waals surface area contributed by atoms with Crippen LogP contribution in [0.2, 0.25) is 0 Å². The Balaban J connectivity index is 0.000000146. The molecule has 8 heteroatoms. The Labute approximate surface area is 682 Å². The summed E-state index contributed by atoms with van der Waals surface area (Å²) in [5.74, 6) is 12.1. The third-order valence-corrected chi connectivity index (χ3v) is 44.6. The van der Waals surface area contributed by atoms with Gasteiger partial charge in [-0.25, -0.2) is 0 Å². The topological polar surface area (TPSA) is 143 Å². The predicted octanol–water partition coefficient (Wildman–Crippen LogP) is 23.6. The molecule has 15 aliphatic carbocycles. The van der Waals surface area contributed by atoms with Gasteiger partial charge in [0.1, 0.15) is 0 Å². The number of aliphatic hydroxyl groups is 4. The van der Waals surface area contributed by atoms with Crippen LogP contribution in [0.25, 0.3) is 0 Å². The molecule has 15 rings (SSSR count). The van der Waals surface area contributed by atoms with Gasteiger partial charge in [0.05, 0.1) is 25.9 Å². The highest BCUT2D eigenvalue weighted by Gasteiger charge is 2.76. The average molecular weight is 1530 g/mol. The van der Waals surface area contributed by atoms with Gasteiger partial charge in [-0.05, 0) is 374 Å². The number of nitrogens with one attached hydrogen (secondary N) is 3. The molecule has 3 unspecified atom stereocenters. The first-order chi connectivity index (χ1) is 52.1. The van der Waals surface area contributed by atoms with E-state index in [1.165, 1.54) is 220 Å². The Hall–Kier alpha value is -2.36. The van der Waals surface area contributed by atoms with Crippen LogP contribution in [0.15, 0.2) is 73.3 Å². The Morgan fingerprint density at radius 1 is 0.342 bits per heavy atom. The van der Waals surface area contributed by atoms with Crippen molar-refractivity contribution in [2.45, 2.75) is 343 Å². The molecule has 0 bridgehead atoms. The van der Waals surface area contributed by atoms with Gasteiger partial charge in [0.25, 0.3) is 0 Å². The molecule has 0 amide bonds. The molecule has 111 heavy (non-hydrogen) atoms. The van der Waals surface area contributed by atoms with Gasteiger partial charge in [-0.2, -0.15) is 0 Å². The molecule has 33 atom stereocenters. The first kappa shape index (κ1) is 86.5. The number of nitrogens with two attached hydrogens (primary N) is 1. The van der Waals surface area contributed by atoms with Crippen LogP contribution in [-0.4, -0.2) is 72.5 Å². The molecule has 0 aliphatic heterocycles. The van der Waals surface area contributed by atoms with Gasteiger partial charge >= 0.3 is 0 Å². The molecule has 630 valence electrons. The summed E-state index contributed by atoms with van der Waals surface area (Å²) in [6.45, 7) is 79.6. The van der Waals surface area contributed by atoms with Gasteiger partial charge in [-0.1, -0.05) is 180 Å². The summed E-state index contributed by atoms with van der Waals surface area (Å²) in [4.78, 5) is 0. The Morgan fingerprint density at radius 3 is 0.919 bits per heavy atom. The second kappa shape index (κ2) is 30.1. The van der Waals surface area contributed by atoms with E-state index in [2.05, 4.69) is 180 Å². The molecule has 9 N–H and O–H groups in total. The number of hydrogen-bond donors (Lipinski definition) is 8. The summed E-state index contributed by atoms with van der Waals surface area (Å²) in [7, 11) is 0. The van der Waals surface area contributed by atoms with E-state index in [0.29, 0.717) is 116 Å². The fourth-order valence-electron chi connectivity index (χ4n) is 37.4. The third-order valence-electron chi connectivity index (χ3n) is 44.6. The minimum Gasteiger partial charge on any atom is -0.396 e. The number of aliphatic hydroxyl groups excluding tert-OH is 4. The van der Waals surface area contributed by atoms with Crippen molar-refractivity contribution in [3.05, 3.63) is 73.3 Å². The highest BCUT2D eigenvalue weighted by Crippen LogP contribution is 2.83. The van der Waals surface area contributed by atoms with Crippen molar-refractivity contribution < 1.29 is 20.4 Å². The van der Waals surface area contributed by atoms with E-state index in [9.17, 15) is 20.4 Å². The van der Waals surface area contributed by atoms with E-state index in [4.69, 9.17) is 12.3 Å². The molecule has 0 aromatic carbocycles. The normalized spacial score (nSPS) is 52.9. The maximum Gasteiger partial charge on any atom is 0.0618 e. The summed E-state index contributed by atoms with van der Waals surface area (Å²) < 4.78 is 0. The van der Waals surface area contributed by atoms with Crippen molar-refractivity contribution in [2.24, 2.45) is 188 Å². The monoisotopic (exact) mass is 1530 g/mol. The van der Waals surface area contributed by atoms with E-state index in [1.807, 2.05) is 0 Å². The third kappa shape index (κ3) is 12.1. The van der Waals surface area contributed by atoms with Crippen LogP contribution in [0.1, 0.15) is 337 Å². The summed E-state index contributed by atoms with van der Waals surface area (Å²) in [5.41, 5.74) is 18.3. The minimum absolute atomic E-state index is 0.0889. The van der Waals surface area contributed by atoms with Crippen LogP contribution in [-0.2, 0) is 0 Å². The van der Waals surface area contributed by atoms with Crippen molar-refractivity contribution in [1.29, 1.82) is 0 Å². The van der Waals surface area contributed by atoms with Crippen molar-refractivity contribution in [3.8, 4) is 0 Å². The maximum atomic E-state index is 11.0. The molecule has 0 saturated heterocycles. The quantitative estimate of drug-likeness (QED) is 0.0634. The number of rotatable bonds is 18. The lowest BCUT2D eigenvalue weighted by Crippen LogP contribution is -2.67. The number of hydrogen-bond acceptors (Lipinski definition) is 8. The van der Waals surface area contributed by atoms with Crippen LogP contribution in [0.3, 0.4) is 0 Å². The lowest BCUT2D eigenvalue weighted by Gasteiger charge is -2.73. The second-order valence-corrected chi connectivity index (χ2v) is 46.8. The average Bonchev–Trinajstić information content (AvgIpc) is 1.57. The van der Waals surface area contributed by atoms with E-state index < -0.39 is 6.10 Å². The molecule has 8 nitrogen and oxygen atoms in total. The minimum atomic E-state index is -0.394. The molecular formula is C103H174N4O4. The zero-order valence-electron chi connectivity index (χ0n) is 75.6. The first-order valence-corrected chi connectivity index (χ1v) is 47.5. The zero-order valence-corrected chi connectivity index (χ0v) is 75.6. The highest BCUT2D eigenvalue weighted by molar-refractivity contribution is 5.32. The molecule has 15 aliphatic rings. The molecular weight excluding hydrogens is 1360 g/mol. The van der Waals surface area contributed by atoms with Crippen molar-refractivity contribution in [1.82, 2.24) is 16.0 Å². The van der Waals surface area contributed by atoms with Gasteiger partial charge in [-0.3, -0.25) is 0 Å². The van der Waals surface area contributed by atoms with Gasteiger partial charge < -0.3 is 42.1 Å².